The highest BCUT2D eigenvalue weighted by atomic mass is 19.1. The van der Waals surface area contributed by atoms with Gasteiger partial charge in [-0.25, -0.2) is 14.1 Å². The second kappa shape index (κ2) is 3.19. The van der Waals surface area contributed by atoms with Gasteiger partial charge in [-0.3, -0.25) is 0 Å². The molecule has 2 heterocycles. The smallest absolute Gasteiger partial charge is 0.152 e. The van der Waals surface area contributed by atoms with Gasteiger partial charge in [-0.05, 0) is 19.1 Å². The molecule has 0 aliphatic carbocycles. The zero-order chi connectivity index (χ0) is 12.2. The molecule has 1 aliphatic rings. The summed E-state index contributed by atoms with van der Waals surface area (Å²) >= 11 is 0. The fourth-order valence-electron chi connectivity index (χ4n) is 2.20. The third-order valence-electron chi connectivity index (χ3n) is 2.89. The molecule has 1 aromatic carbocycles. The number of rotatable bonds is 0. The van der Waals surface area contributed by atoms with Gasteiger partial charge in [0, 0.05) is 7.05 Å². The van der Waals surface area contributed by atoms with E-state index in [0.717, 1.165) is 5.82 Å². The Labute approximate surface area is 97.7 Å². The van der Waals surface area contributed by atoms with E-state index >= 15 is 0 Å². The predicted octanol–water partition coefficient (Wildman–Crippen LogP) is 1.25. The molecule has 0 saturated carbocycles. The van der Waals surface area contributed by atoms with Crippen LogP contribution in [-0.4, -0.2) is 21.8 Å². The zero-order valence-corrected chi connectivity index (χ0v) is 9.61. The van der Waals surface area contributed by atoms with Crippen molar-refractivity contribution in [3.8, 4) is 5.69 Å². The number of aryl methyl sites for hydroxylation is 1. The average Bonchev–Trinajstić information content (AvgIpc) is 2.62. The van der Waals surface area contributed by atoms with Crippen LogP contribution in [0.3, 0.4) is 0 Å². The highest BCUT2D eigenvalue weighted by Crippen LogP contribution is 2.36. The van der Waals surface area contributed by atoms with Gasteiger partial charge in [-0.2, -0.15) is 5.10 Å². The Morgan fingerprint density at radius 2 is 2.12 bits per heavy atom. The molecule has 1 aromatic heterocycles. The van der Waals surface area contributed by atoms with Crippen LogP contribution in [0.15, 0.2) is 12.1 Å². The first kappa shape index (κ1) is 10.1. The van der Waals surface area contributed by atoms with E-state index in [2.05, 4.69) is 10.1 Å². The minimum absolute atomic E-state index is 0.341. The zero-order valence-electron chi connectivity index (χ0n) is 9.61. The molecule has 0 amide bonds. The van der Waals surface area contributed by atoms with Crippen molar-refractivity contribution >= 4 is 11.4 Å². The highest BCUT2D eigenvalue weighted by molar-refractivity contribution is 5.78. The van der Waals surface area contributed by atoms with Crippen LogP contribution >= 0.6 is 0 Å². The number of hydrogen-bond acceptors (Lipinski definition) is 4. The fourth-order valence-corrected chi connectivity index (χ4v) is 2.20. The maximum absolute atomic E-state index is 13.9. The molecule has 88 valence electrons. The SMILES string of the molecule is Cc1nc2n(n1)-c1c(F)ccc(N)c1N(C)C2. The summed E-state index contributed by atoms with van der Waals surface area (Å²) in [5, 5.41) is 4.21. The molecule has 5 nitrogen and oxygen atoms in total. The van der Waals surface area contributed by atoms with Gasteiger partial charge >= 0.3 is 0 Å². The van der Waals surface area contributed by atoms with Gasteiger partial charge in [0.05, 0.1) is 17.9 Å². The molecule has 0 radical (unpaired) electrons. The number of halogens is 1. The molecular formula is C11H12FN5. The van der Waals surface area contributed by atoms with Crippen molar-refractivity contribution in [3.63, 3.8) is 0 Å². The number of anilines is 2. The number of fused-ring (bicyclic) bond motifs is 3. The Hall–Kier alpha value is -2.11. The number of benzene rings is 1. The van der Waals surface area contributed by atoms with Crippen LogP contribution in [0.5, 0.6) is 0 Å². The average molecular weight is 233 g/mol. The monoisotopic (exact) mass is 233 g/mol. The molecule has 0 bridgehead atoms. The molecule has 0 unspecified atom stereocenters. The summed E-state index contributed by atoms with van der Waals surface area (Å²) in [6.45, 7) is 2.36. The van der Waals surface area contributed by atoms with E-state index in [1.54, 1.807) is 13.0 Å². The van der Waals surface area contributed by atoms with E-state index in [1.807, 2.05) is 11.9 Å². The van der Waals surface area contributed by atoms with Gasteiger partial charge in [0.25, 0.3) is 0 Å². The lowest BCUT2D eigenvalue weighted by Crippen LogP contribution is -2.28. The summed E-state index contributed by atoms with van der Waals surface area (Å²) in [7, 11) is 1.86. The van der Waals surface area contributed by atoms with Gasteiger partial charge in [-0.15, -0.1) is 0 Å². The van der Waals surface area contributed by atoms with Crippen LogP contribution in [0.2, 0.25) is 0 Å². The molecule has 3 rings (SSSR count). The summed E-state index contributed by atoms with van der Waals surface area (Å²) in [5.41, 5.74) is 7.49. The number of nitrogen functional groups attached to an aromatic ring is 1. The number of nitrogens with two attached hydrogens (primary N) is 1. The summed E-state index contributed by atoms with van der Waals surface area (Å²) in [6.07, 6.45) is 0. The van der Waals surface area contributed by atoms with Gasteiger partial charge in [0.2, 0.25) is 0 Å². The van der Waals surface area contributed by atoms with Crippen LogP contribution in [0.4, 0.5) is 15.8 Å². The van der Waals surface area contributed by atoms with Crippen molar-refractivity contribution in [3.05, 3.63) is 29.6 Å². The van der Waals surface area contributed by atoms with E-state index in [0.29, 0.717) is 29.4 Å². The number of nitrogens with zero attached hydrogens (tertiary/aromatic N) is 4. The van der Waals surface area contributed by atoms with E-state index < -0.39 is 0 Å². The number of aromatic nitrogens is 3. The minimum atomic E-state index is -0.341. The number of hydrogen-bond donors (Lipinski definition) is 1. The Balaban J connectivity index is 2.37. The Morgan fingerprint density at radius 3 is 2.88 bits per heavy atom. The van der Waals surface area contributed by atoms with Crippen molar-refractivity contribution in [2.45, 2.75) is 13.5 Å². The van der Waals surface area contributed by atoms with Crippen LogP contribution in [0, 0.1) is 12.7 Å². The first-order valence-electron chi connectivity index (χ1n) is 5.30. The molecule has 0 spiro atoms. The molecule has 0 saturated heterocycles. The summed E-state index contributed by atoms with van der Waals surface area (Å²) in [4.78, 5) is 6.16. The standard InChI is InChI=1S/C11H12FN5/c1-6-14-9-5-16(2)11-8(13)4-3-7(12)10(11)17(9)15-6/h3-4H,5,13H2,1-2H3. The molecular weight excluding hydrogens is 221 g/mol. The lowest BCUT2D eigenvalue weighted by molar-refractivity contribution is 0.595. The van der Waals surface area contributed by atoms with Crippen LogP contribution in [-0.2, 0) is 6.54 Å². The van der Waals surface area contributed by atoms with Crippen molar-refractivity contribution in [1.29, 1.82) is 0 Å². The maximum Gasteiger partial charge on any atom is 0.152 e. The molecule has 0 fully saturated rings. The Kier molecular flexibility index (Phi) is 1.89. The van der Waals surface area contributed by atoms with Crippen molar-refractivity contribution in [2.24, 2.45) is 0 Å². The Morgan fingerprint density at radius 1 is 1.35 bits per heavy atom. The van der Waals surface area contributed by atoms with Crippen LogP contribution in [0.1, 0.15) is 11.6 Å². The largest absolute Gasteiger partial charge is 0.397 e. The molecule has 6 heteroatoms. The van der Waals surface area contributed by atoms with Gasteiger partial charge < -0.3 is 10.6 Å². The van der Waals surface area contributed by atoms with Gasteiger partial charge in [0.1, 0.15) is 11.5 Å². The van der Waals surface area contributed by atoms with Crippen molar-refractivity contribution in [1.82, 2.24) is 14.8 Å². The third-order valence-corrected chi connectivity index (χ3v) is 2.89. The normalized spacial score (nSPS) is 13.5. The van der Waals surface area contributed by atoms with Crippen LogP contribution < -0.4 is 10.6 Å². The highest BCUT2D eigenvalue weighted by Gasteiger charge is 2.26. The van der Waals surface area contributed by atoms with Crippen LogP contribution in [0.25, 0.3) is 5.69 Å². The molecule has 2 N–H and O–H groups in total. The second-order valence-electron chi connectivity index (χ2n) is 4.18. The molecule has 2 aromatic rings. The topological polar surface area (TPSA) is 60.0 Å². The van der Waals surface area contributed by atoms with Gasteiger partial charge in [-0.1, -0.05) is 0 Å². The quantitative estimate of drug-likeness (QED) is 0.696. The minimum Gasteiger partial charge on any atom is -0.397 e. The first-order valence-corrected chi connectivity index (χ1v) is 5.30. The van der Waals surface area contributed by atoms with Crippen molar-refractivity contribution < 1.29 is 4.39 Å². The molecule has 1 aliphatic heterocycles. The lowest BCUT2D eigenvalue weighted by atomic mass is 10.1. The predicted molar refractivity (Wildman–Crippen MR) is 62.6 cm³/mol. The maximum atomic E-state index is 13.9. The Bertz CT molecular complexity index is 604. The van der Waals surface area contributed by atoms with E-state index in [4.69, 9.17) is 5.73 Å². The fraction of sp³-hybridized carbons (Fsp3) is 0.273. The molecule has 17 heavy (non-hydrogen) atoms. The second-order valence-corrected chi connectivity index (χ2v) is 4.18. The van der Waals surface area contributed by atoms with Crippen molar-refractivity contribution in [2.75, 3.05) is 17.7 Å². The first-order chi connectivity index (χ1) is 8.08. The lowest BCUT2D eigenvalue weighted by Gasteiger charge is -2.28. The van der Waals surface area contributed by atoms with E-state index in [1.165, 1.54) is 10.7 Å². The van der Waals surface area contributed by atoms with Gasteiger partial charge in [0.15, 0.2) is 11.6 Å². The third kappa shape index (κ3) is 1.30. The summed E-state index contributed by atoms with van der Waals surface area (Å²) in [6, 6.07) is 2.92. The summed E-state index contributed by atoms with van der Waals surface area (Å²) in [5.74, 6) is 1.01. The summed E-state index contributed by atoms with van der Waals surface area (Å²) < 4.78 is 15.5. The molecule has 0 atom stereocenters. The van der Waals surface area contributed by atoms with E-state index in [-0.39, 0.29) is 5.82 Å². The van der Waals surface area contributed by atoms with E-state index in [9.17, 15) is 4.39 Å².